The first kappa shape index (κ1) is 19.0. The maximum atomic E-state index is 12.2. The van der Waals surface area contributed by atoms with Gasteiger partial charge in [-0.1, -0.05) is 39.5 Å². The molecular weight excluding hydrogens is 294 g/mol. The minimum absolute atomic E-state index is 0.169. The molecule has 2 N–H and O–H groups in total. The van der Waals surface area contributed by atoms with Crippen LogP contribution in [-0.2, 0) is 9.47 Å². The van der Waals surface area contributed by atoms with Gasteiger partial charge in [-0.2, -0.15) is 0 Å². The number of hydrogen-bond acceptors (Lipinski definition) is 5. The van der Waals surface area contributed by atoms with Crippen LogP contribution in [-0.4, -0.2) is 25.2 Å². The molecule has 0 amide bonds. The molecule has 23 heavy (non-hydrogen) atoms. The van der Waals surface area contributed by atoms with E-state index in [2.05, 4.69) is 13.8 Å². The number of anilines is 1. The molecular formula is C18H27NO4. The van der Waals surface area contributed by atoms with E-state index in [0.29, 0.717) is 18.9 Å². The van der Waals surface area contributed by atoms with Crippen molar-refractivity contribution in [2.24, 2.45) is 0 Å². The van der Waals surface area contributed by atoms with Crippen molar-refractivity contribution >= 4 is 17.6 Å². The van der Waals surface area contributed by atoms with E-state index in [9.17, 15) is 9.59 Å². The van der Waals surface area contributed by atoms with E-state index in [0.717, 1.165) is 38.5 Å². The Morgan fingerprint density at radius 3 is 1.91 bits per heavy atom. The van der Waals surface area contributed by atoms with Gasteiger partial charge in [0, 0.05) is 5.69 Å². The molecule has 0 aliphatic heterocycles. The monoisotopic (exact) mass is 321 g/mol. The molecule has 0 saturated heterocycles. The smallest absolute Gasteiger partial charge is 0.339 e. The number of rotatable bonds is 10. The van der Waals surface area contributed by atoms with E-state index in [1.165, 1.54) is 12.1 Å². The Morgan fingerprint density at radius 2 is 1.39 bits per heavy atom. The fourth-order valence-electron chi connectivity index (χ4n) is 2.10. The molecule has 5 nitrogen and oxygen atoms in total. The number of carbonyl (C=O) groups is 2. The van der Waals surface area contributed by atoms with Gasteiger partial charge < -0.3 is 15.2 Å². The molecule has 1 aromatic rings. The highest BCUT2D eigenvalue weighted by Crippen LogP contribution is 2.17. The van der Waals surface area contributed by atoms with Crippen LogP contribution in [0.25, 0.3) is 0 Å². The summed E-state index contributed by atoms with van der Waals surface area (Å²) < 4.78 is 10.4. The van der Waals surface area contributed by atoms with Crippen LogP contribution in [0.5, 0.6) is 0 Å². The molecule has 0 fully saturated rings. The third-order valence-electron chi connectivity index (χ3n) is 3.45. The largest absolute Gasteiger partial charge is 0.462 e. The second-order valence-electron chi connectivity index (χ2n) is 5.49. The topological polar surface area (TPSA) is 78.6 Å². The van der Waals surface area contributed by atoms with Crippen molar-refractivity contribution in [3.8, 4) is 0 Å². The first-order valence-electron chi connectivity index (χ1n) is 8.33. The Bertz CT molecular complexity index is 514. The number of carbonyl (C=O) groups excluding carboxylic acids is 2. The first-order chi connectivity index (χ1) is 11.1. The number of hydrogen-bond donors (Lipinski definition) is 1. The normalized spacial score (nSPS) is 10.3. The number of ether oxygens (including phenoxy) is 2. The molecule has 0 atom stereocenters. The zero-order valence-electron chi connectivity index (χ0n) is 14.1. The minimum Gasteiger partial charge on any atom is -0.462 e. The van der Waals surface area contributed by atoms with Crippen molar-refractivity contribution in [2.45, 2.75) is 52.4 Å². The van der Waals surface area contributed by atoms with Crippen LogP contribution in [0.4, 0.5) is 5.69 Å². The second-order valence-corrected chi connectivity index (χ2v) is 5.49. The van der Waals surface area contributed by atoms with Gasteiger partial charge in [-0.3, -0.25) is 0 Å². The lowest BCUT2D eigenvalue weighted by Gasteiger charge is -2.10. The molecule has 1 aromatic carbocycles. The SMILES string of the molecule is CCCCCOC(=O)c1ccc(N)cc1C(=O)OCCCCC. The van der Waals surface area contributed by atoms with Crippen LogP contribution in [0.2, 0.25) is 0 Å². The zero-order valence-corrected chi connectivity index (χ0v) is 14.1. The third-order valence-corrected chi connectivity index (χ3v) is 3.45. The van der Waals surface area contributed by atoms with E-state index in [1.807, 2.05) is 0 Å². The quantitative estimate of drug-likeness (QED) is 0.401. The molecule has 5 heteroatoms. The average Bonchev–Trinajstić information content (AvgIpc) is 2.55. The van der Waals surface area contributed by atoms with Crippen LogP contribution >= 0.6 is 0 Å². The molecule has 0 bridgehead atoms. The third kappa shape index (κ3) is 6.72. The maximum absolute atomic E-state index is 12.2. The number of benzene rings is 1. The molecule has 0 saturated carbocycles. The Balaban J connectivity index is 2.71. The molecule has 0 heterocycles. The number of nitrogens with two attached hydrogens (primary N) is 1. The van der Waals surface area contributed by atoms with Crippen LogP contribution in [0.15, 0.2) is 18.2 Å². The summed E-state index contributed by atoms with van der Waals surface area (Å²) in [5, 5.41) is 0. The van der Waals surface area contributed by atoms with Crippen molar-refractivity contribution in [2.75, 3.05) is 18.9 Å². The van der Waals surface area contributed by atoms with Crippen molar-refractivity contribution in [1.82, 2.24) is 0 Å². The number of esters is 2. The van der Waals surface area contributed by atoms with E-state index in [4.69, 9.17) is 15.2 Å². The minimum atomic E-state index is -0.533. The van der Waals surface area contributed by atoms with Gasteiger partial charge in [0.15, 0.2) is 0 Å². The Labute approximate surface area is 138 Å². The molecule has 0 aromatic heterocycles. The first-order valence-corrected chi connectivity index (χ1v) is 8.33. The zero-order chi connectivity index (χ0) is 17.1. The Morgan fingerprint density at radius 1 is 0.870 bits per heavy atom. The van der Waals surface area contributed by atoms with E-state index >= 15 is 0 Å². The highest BCUT2D eigenvalue weighted by molar-refractivity contribution is 6.03. The lowest BCUT2D eigenvalue weighted by atomic mass is 10.1. The van der Waals surface area contributed by atoms with Crippen LogP contribution in [0.1, 0.15) is 73.1 Å². The van der Waals surface area contributed by atoms with Gasteiger partial charge in [0.05, 0.1) is 24.3 Å². The summed E-state index contributed by atoms with van der Waals surface area (Å²) in [5.74, 6) is -1.05. The predicted molar refractivity (Wildman–Crippen MR) is 90.5 cm³/mol. The fourth-order valence-corrected chi connectivity index (χ4v) is 2.10. The molecule has 0 unspecified atom stereocenters. The summed E-state index contributed by atoms with van der Waals surface area (Å²) in [6.07, 6.45) is 5.72. The van der Waals surface area contributed by atoms with Gasteiger partial charge >= 0.3 is 11.9 Å². The van der Waals surface area contributed by atoms with Crippen LogP contribution in [0, 0.1) is 0 Å². The van der Waals surface area contributed by atoms with Gasteiger partial charge in [0.2, 0.25) is 0 Å². The average molecular weight is 321 g/mol. The van der Waals surface area contributed by atoms with Crippen molar-refractivity contribution in [3.05, 3.63) is 29.3 Å². The van der Waals surface area contributed by atoms with Gasteiger partial charge in [0.25, 0.3) is 0 Å². The standard InChI is InChI=1S/C18H27NO4/c1-3-5-7-11-22-17(20)15-10-9-14(19)13-16(15)18(21)23-12-8-6-4-2/h9-10,13H,3-8,11-12,19H2,1-2H3. The van der Waals surface area contributed by atoms with Crippen molar-refractivity contribution < 1.29 is 19.1 Å². The van der Waals surface area contributed by atoms with Crippen molar-refractivity contribution in [3.63, 3.8) is 0 Å². The summed E-state index contributed by atoms with van der Waals surface area (Å²) in [5.41, 5.74) is 6.51. The Kier molecular flexibility index (Phi) is 8.80. The highest BCUT2D eigenvalue weighted by atomic mass is 16.5. The van der Waals surface area contributed by atoms with E-state index in [-0.39, 0.29) is 11.1 Å². The lowest BCUT2D eigenvalue weighted by Crippen LogP contribution is -2.15. The Hall–Kier alpha value is -2.04. The van der Waals surface area contributed by atoms with Crippen LogP contribution in [0.3, 0.4) is 0 Å². The molecule has 128 valence electrons. The van der Waals surface area contributed by atoms with Gasteiger partial charge in [-0.05, 0) is 31.0 Å². The fraction of sp³-hybridized carbons (Fsp3) is 0.556. The van der Waals surface area contributed by atoms with Crippen LogP contribution < -0.4 is 5.73 Å². The van der Waals surface area contributed by atoms with Gasteiger partial charge in [0.1, 0.15) is 0 Å². The maximum Gasteiger partial charge on any atom is 0.339 e. The van der Waals surface area contributed by atoms with E-state index < -0.39 is 11.9 Å². The summed E-state index contributed by atoms with van der Waals surface area (Å²) in [4.78, 5) is 24.3. The van der Waals surface area contributed by atoms with Crippen molar-refractivity contribution in [1.29, 1.82) is 0 Å². The second kappa shape index (κ2) is 10.6. The molecule has 0 radical (unpaired) electrons. The van der Waals surface area contributed by atoms with E-state index in [1.54, 1.807) is 6.07 Å². The summed E-state index contributed by atoms with van der Waals surface area (Å²) in [7, 11) is 0. The van der Waals surface area contributed by atoms with Gasteiger partial charge in [-0.15, -0.1) is 0 Å². The highest BCUT2D eigenvalue weighted by Gasteiger charge is 2.19. The molecule has 0 spiro atoms. The number of nitrogen functional groups attached to an aromatic ring is 1. The summed E-state index contributed by atoms with van der Waals surface area (Å²) in [6.45, 7) is 4.84. The molecule has 0 aliphatic carbocycles. The number of unbranched alkanes of at least 4 members (excludes halogenated alkanes) is 4. The molecule has 0 aliphatic rings. The predicted octanol–water partition coefficient (Wildman–Crippen LogP) is 3.96. The lowest BCUT2D eigenvalue weighted by molar-refractivity contribution is 0.0451. The summed E-state index contributed by atoms with van der Waals surface area (Å²) in [6, 6.07) is 4.56. The summed E-state index contributed by atoms with van der Waals surface area (Å²) >= 11 is 0. The molecule has 1 rings (SSSR count). The van der Waals surface area contributed by atoms with Gasteiger partial charge in [-0.25, -0.2) is 9.59 Å².